The lowest BCUT2D eigenvalue weighted by molar-refractivity contribution is -0.145. The molecule has 1 aromatic heterocycles. The first-order valence-electron chi connectivity index (χ1n) is 12.5. The molecular weight excluding hydrogens is 538 g/mol. The van der Waals surface area contributed by atoms with Crippen LogP contribution in [-0.2, 0) is 32.0 Å². The molecule has 0 radical (unpaired) electrons. The number of para-hydroxylation sites is 1. The van der Waals surface area contributed by atoms with E-state index in [0.717, 1.165) is 16.5 Å². The third kappa shape index (κ3) is 7.97. The summed E-state index contributed by atoms with van der Waals surface area (Å²) < 4.78 is 0. The predicted octanol–water partition coefficient (Wildman–Crippen LogP) is -0.164. The lowest BCUT2D eigenvalue weighted by Crippen LogP contribution is -2.59. The van der Waals surface area contributed by atoms with Crippen LogP contribution in [-0.4, -0.2) is 80.0 Å². The van der Waals surface area contributed by atoms with E-state index < -0.39 is 54.0 Å². The van der Waals surface area contributed by atoms with Crippen LogP contribution in [0.15, 0.2) is 54.7 Å². The van der Waals surface area contributed by atoms with Gasteiger partial charge in [0.15, 0.2) is 6.04 Å². The Bertz CT molecular complexity index is 1340. The number of benzene rings is 2. The van der Waals surface area contributed by atoms with Crippen molar-refractivity contribution in [1.29, 1.82) is 0 Å². The number of carboxylic acids is 1. The number of fused-ring (bicyclic) bond motifs is 1. The van der Waals surface area contributed by atoms with Gasteiger partial charge < -0.3 is 42.0 Å². The molecule has 12 nitrogen and oxygen atoms in total. The minimum Gasteiger partial charge on any atom is -0.508 e. The molecule has 0 aliphatic heterocycles. The summed E-state index contributed by atoms with van der Waals surface area (Å²) in [5, 5.41) is 37.2. The molecule has 0 bridgehead atoms. The number of carboxylic acid groups (broad SMARTS) is 1. The van der Waals surface area contributed by atoms with E-state index in [2.05, 4.69) is 33.6 Å². The first-order valence-corrected chi connectivity index (χ1v) is 13.1. The van der Waals surface area contributed by atoms with Gasteiger partial charge in [-0.15, -0.1) is 0 Å². The van der Waals surface area contributed by atoms with Gasteiger partial charge in [-0.25, -0.2) is 4.79 Å². The Morgan fingerprint density at radius 1 is 0.925 bits per heavy atom. The summed E-state index contributed by atoms with van der Waals surface area (Å²) in [6.07, 6.45) is 0.285. The van der Waals surface area contributed by atoms with Gasteiger partial charge in [-0.05, 0) is 36.2 Å². The topological polar surface area (TPSA) is 207 Å². The highest BCUT2D eigenvalue weighted by molar-refractivity contribution is 7.80. The number of hydrogen-bond acceptors (Lipinski definition) is 8. The summed E-state index contributed by atoms with van der Waals surface area (Å²) in [6.45, 7) is 1.21. The number of aliphatic hydroxyl groups excluding tert-OH is 1. The lowest BCUT2D eigenvalue weighted by Gasteiger charge is -2.26. The second-order valence-electron chi connectivity index (χ2n) is 9.41. The van der Waals surface area contributed by atoms with Crippen molar-refractivity contribution in [2.24, 2.45) is 5.73 Å². The maximum atomic E-state index is 13.6. The maximum absolute atomic E-state index is 13.6. The highest BCUT2D eigenvalue weighted by Crippen LogP contribution is 2.19. The van der Waals surface area contributed by atoms with Crippen molar-refractivity contribution in [2.45, 2.75) is 50.0 Å². The fraction of sp³-hybridized carbons (Fsp3) is 0.333. The summed E-state index contributed by atoms with van der Waals surface area (Å²) in [4.78, 5) is 54.1. The van der Waals surface area contributed by atoms with Crippen LogP contribution >= 0.6 is 12.6 Å². The summed E-state index contributed by atoms with van der Waals surface area (Å²) in [7, 11) is 0. The first kappa shape index (κ1) is 30.5. The standard InChI is InChI=1S/C27H33N5O7S/c1-14(33)23(27(38)39)32-26(37)21(10-15-6-8-17(34)9-7-15)31-25(36)22(30-24(35)19(28)13-40)11-16-12-29-20-5-3-2-4-18(16)20/h2-9,12,14,19,21-23,29,33-34,40H,10-11,13,28H2,1H3,(H,30,35)(H,31,36)(H,32,37)(H,38,39). The zero-order valence-corrected chi connectivity index (χ0v) is 22.6. The molecule has 9 N–H and O–H groups in total. The number of carbonyl (C=O) groups excluding carboxylic acids is 3. The summed E-state index contributed by atoms with van der Waals surface area (Å²) in [5.41, 5.74) is 7.93. The fourth-order valence-electron chi connectivity index (χ4n) is 4.08. The Labute approximate surface area is 235 Å². The van der Waals surface area contributed by atoms with Crippen molar-refractivity contribution in [3.05, 3.63) is 65.9 Å². The van der Waals surface area contributed by atoms with Crippen molar-refractivity contribution in [3.63, 3.8) is 0 Å². The number of amides is 3. The van der Waals surface area contributed by atoms with Gasteiger partial charge in [-0.3, -0.25) is 14.4 Å². The molecule has 13 heteroatoms. The van der Waals surface area contributed by atoms with Gasteiger partial charge in [-0.1, -0.05) is 30.3 Å². The number of thiol groups is 1. The SMILES string of the molecule is CC(O)C(NC(=O)C(Cc1ccc(O)cc1)NC(=O)C(Cc1c[nH]c2ccccc12)NC(=O)C(N)CS)C(=O)O. The number of hydrogen-bond donors (Lipinski definition) is 9. The number of rotatable bonds is 13. The Balaban J connectivity index is 1.90. The van der Waals surface area contributed by atoms with E-state index in [0.29, 0.717) is 5.56 Å². The number of aliphatic hydroxyl groups is 1. The van der Waals surface area contributed by atoms with Gasteiger partial charge in [0.1, 0.15) is 17.8 Å². The van der Waals surface area contributed by atoms with Crippen molar-refractivity contribution < 1.29 is 34.5 Å². The number of nitrogens with two attached hydrogens (primary N) is 1. The first-order chi connectivity index (χ1) is 19.0. The number of aromatic nitrogens is 1. The number of phenols is 1. The molecule has 5 unspecified atom stereocenters. The van der Waals surface area contributed by atoms with Gasteiger partial charge in [-0.2, -0.15) is 12.6 Å². The maximum Gasteiger partial charge on any atom is 0.328 e. The highest BCUT2D eigenvalue weighted by atomic mass is 32.1. The molecule has 214 valence electrons. The van der Waals surface area contributed by atoms with E-state index in [4.69, 9.17) is 5.73 Å². The van der Waals surface area contributed by atoms with E-state index in [1.54, 1.807) is 18.3 Å². The van der Waals surface area contributed by atoms with Gasteiger partial charge in [0.2, 0.25) is 17.7 Å². The van der Waals surface area contributed by atoms with Crippen molar-refractivity contribution >= 4 is 47.2 Å². The van der Waals surface area contributed by atoms with Crippen LogP contribution in [0.1, 0.15) is 18.1 Å². The number of carbonyl (C=O) groups is 4. The van der Waals surface area contributed by atoms with Gasteiger partial charge in [0.05, 0.1) is 12.1 Å². The number of phenolic OH excluding ortho intramolecular Hbond substituents is 1. The largest absolute Gasteiger partial charge is 0.508 e. The molecule has 40 heavy (non-hydrogen) atoms. The quantitative estimate of drug-likeness (QED) is 0.126. The van der Waals surface area contributed by atoms with Gasteiger partial charge in [0, 0.05) is 35.7 Å². The van der Waals surface area contributed by atoms with Crippen molar-refractivity contribution in [1.82, 2.24) is 20.9 Å². The van der Waals surface area contributed by atoms with E-state index >= 15 is 0 Å². The second kappa shape index (κ2) is 13.8. The Kier molecular flexibility index (Phi) is 10.5. The average Bonchev–Trinajstić information content (AvgIpc) is 3.33. The summed E-state index contributed by atoms with van der Waals surface area (Å²) in [6, 6.07) is 8.25. The average molecular weight is 572 g/mol. The highest BCUT2D eigenvalue weighted by Gasteiger charge is 2.32. The smallest absolute Gasteiger partial charge is 0.328 e. The molecule has 1 heterocycles. The zero-order chi connectivity index (χ0) is 29.4. The normalized spacial score (nSPS) is 14.9. The molecule has 0 spiro atoms. The molecule has 0 aliphatic rings. The fourth-order valence-corrected chi connectivity index (χ4v) is 4.25. The molecule has 5 atom stereocenters. The number of nitrogens with one attached hydrogen (secondary N) is 4. The Morgan fingerprint density at radius 2 is 1.52 bits per heavy atom. The number of aromatic amines is 1. The molecule has 3 amide bonds. The van der Waals surface area contributed by atoms with Crippen LogP contribution in [0.4, 0.5) is 0 Å². The molecule has 3 aromatic rings. The van der Waals surface area contributed by atoms with E-state index in [1.165, 1.54) is 19.1 Å². The van der Waals surface area contributed by atoms with Crippen LogP contribution in [0.25, 0.3) is 10.9 Å². The molecule has 0 saturated heterocycles. The van der Waals surface area contributed by atoms with E-state index in [1.807, 2.05) is 24.3 Å². The monoisotopic (exact) mass is 571 g/mol. The minimum absolute atomic E-state index is 0.00383. The third-order valence-corrected chi connectivity index (χ3v) is 6.71. The number of H-pyrrole nitrogens is 1. The predicted molar refractivity (Wildman–Crippen MR) is 151 cm³/mol. The van der Waals surface area contributed by atoms with Crippen LogP contribution in [0.2, 0.25) is 0 Å². The van der Waals surface area contributed by atoms with Crippen LogP contribution in [0, 0.1) is 0 Å². The molecule has 2 aromatic carbocycles. The number of aliphatic carboxylic acids is 1. The summed E-state index contributed by atoms with van der Waals surface area (Å²) in [5.74, 6) is -3.62. The summed E-state index contributed by atoms with van der Waals surface area (Å²) >= 11 is 4.05. The second-order valence-corrected chi connectivity index (χ2v) is 9.78. The molecular formula is C27H33N5O7S. The van der Waals surface area contributed by atoms with Crippen LogP contribution in [0.3, 0.4) is 0 Å². The van der Waals surface area contributed by atoms with Gasteiger partial charge >= 0.3 is 5.97 Å². The Hall–Kier alpha value is -4.07. The molecule has 0 fully saturated rings. The van der Waals surface area contributed by atoms with E-state index in [9.17, 15) is 34.5 Å². The van der Waals surface area contributed by atoms with Crippen molar-refractivity contribution in [2.75, 3.05) is 5.75 Å². The minimum atomic E-state index is -1.62. The van der Waals surface area contributed by atoms with E-state index in [-0.39, 0.29) is 24.3 Å². The lowest BCUT2D eigenvalue weighted by atomic mass is 10.0. The van der Waals surface area contributed by atoms with Gasteiger partial charge in [0.25, 0.3) is 0 Å². The van der Waals surface area contributed by atoms with Crippen LogP contribution in [0.5, 0.6) is 5.75 Å². The number of aromatic hydroxyl groups is 1. The molecule has 0 saturated carbocycles. The molecule has 3 rings (SSSR count). The Morgan fingerprint density at radius 3 is 2.15 bits per heavy atom. The van der Waals surface area contributed by atoms with Crippen molar-refractivity contribution in [3.8, 4) is 5.75 Å². The zero-order valence-electron chi connectivity index (χ0n) is 21.7. The molecule has 0 aliphatic carbocycles. The van der Waals surface area contributed by atoms with Crippen LogP contribution < -0.4 is 21.7 Å². The third-order valence-electron chi connectivity index (χ3n) is 6.32.